The Hall–Kier alpha value is -1.65. The van der Waals surface area contributed by atoms with Gasteiger partial charge in [0.05, 0.1) is 4.90 Å². The SMILES string of the molecule is O=S(=O)(c1ccccc1)N1CCC[C@@H](c2ccccc2)CC1. The van der Waals surface area contributed by atoms with Crippen LogP contribution in [0.5, 0.6) is 0 Å². The van der Waals surface area contributed by atoms with Crippen molar-refractivity contribution in [3.05, 3.63) is 66.2 Å². The van der Waals surface area contributed by atoms with E-state index in [1.165, 1.54) is 5.56 Å². The molecule has 1 atom stereocenters. The number of nitrogens with zero attached hydrogens (tertiary/aromatic N) is 1. The van der Waals surface area contributed by atoms with E-state index < -0.39 is 10.0 Å². The van der Waals surface area contributed by atoms with E-state index in [1.807, 2.05) is 12.1 Å². The molecule has 0 bridgehead atoms. The van der Waals surface area contributed by atoms with Gasteiger partial charge in [-0.2, -0.15) is 4.31 Å². The summed E-state index contributed by atoms with van der Waals surface area (Å²) in [6.07, 6.45) is 2.84. The maximum atomic E-state index is 12.7. The van der Waals surface area contributed by atoms with E-state index >= 15 is 0 Å². The lowest BCUT2D eigenvalue weighted by atomic mass is 9.92. The van der Waals surface area contributed by atoms with Crippen LogP contribution >= 0.6 is 0 Å². The summed E-state index contributed by atoms with van der Waals surface area (Å²) in [5.74, 6) is 0.456. The van der Waals surface area contributed by atoms with Gasteiger partial charge in [0, 0.05) is 13.1 Å². The highest BCUT2D eigenvalue weighted by Crippen LogP contribution is 2.29. The molecule has 1 aliphatic rings. The van der Waals surface area contributed by atoms with Crippen molar-refractivity contribution < 1.29 is 8.42 Å². The summed E-state index contributed by atoms with van der Waals surface area (Å²) in [5.41, 5.74) is 1.32. The zero-order valence-electron chi connectivity index (χ0n) is 12.6. The summed E-state index contributed by atoms with van der Waals surface area (Å²) in [6, 6.07) is 19.2. The van der Waals surface area contributed by atoms with Crippen LogP contribution < -0.4 is 0 Å². The Kier molecular flexibility index (Phi) is 4.60. The maximum absolute atomic E-state index is 12.7. The minimum Gasteiger partial charge on any atom is -0.207 e. The average molecular weight is 315 g/mol. The van der Waals surface area contributed by atoms with Gasteiger partial charge in [-0.25, -0.2) is 8.42 Å². The van der Waals surface area contributed by atoms with Gasteiger partial charge >= 0.3 is 0 Å². The lowest BCUT2D eigenvalue weighted by molar-refractivity contribution is 0.421. The fraction of sp³-hybridized carbons (Fsp3) is 0.333. The van der Waals surface area contributed by atoms with Crippen molar-refractivity contribution in [2.75, 3.05) is 13.1 Å². The van der Waals surface area contributed by atoms with E-state index in [4.69, 9.17) is 0 Å². The topological polar surface area (TPSA) is 37.4 Å². The van der Waals surface area contributed by atoms with Crippen molar-refractivity contribution in [3.8, 4) is 0 Å². The molecule has 0 amide bonds. The Balaban J connectivity index is 1.76. The Bertz CT molecular complexity index is 698. The molecule has 0 unspecified atom stereocenters. The third kappa shape index (κ3) is 3.23. The molecular weight excluding hydrogens is 294 g/mol. The summed E-state index contributed by atoms with van der Waals surface area (Å²) >= 11 is 0. The minimum absolute atomic E-state index is 0.396. The van der Waals surface area contributed by atoms with Crippen molar-refractivity contribution >= 4 is 10.0 Å². The van der Waals surface area contributed by atoms with Crippen LogP contribution in [0.25, 0.3) is 0 Å². The first kappa shape index (κ1) is 15.3. The summed E-state index contributed by atoms with van der Waals surface area (Å²) < 4.78 is 27.1. The van der Waals surface area contributed by atoms with E-state index in [1.54, 1.807) is 28.6 Å². The van der Waals surface area contributed by atoms with E-state index in [0.29, 0.717) is 23.9 Å². The molecule has 0 spiro atoms. The molecule has 0 radical (unpaired) electrons. The normalized spacial score (nSPS) is 20.5. The Labute approximate surface area is 132 Å². The molecule has 3 rings (SSSR count). The summed E-state index contributed by atoms with van der Waals surface area (Å²) in [6.45, 7) is 1.21. The second kappa shape index (κ2) is 6.63. The van der Waals surface area contributed by atoms with Crippen molar-refractivity contribution in [1.82, 2.24) is 4.31 Å². The average Bonchev–Trinajstić information content (AvgIpc) is 2.83. The van der Waals surface area contributed by atoms with Crippen LogP contribution in [0, 0.1) is 0 Å². The fourth-order valence-corrected chi connectivity index (χ4v) is 4.62. The minimum atomic E-state index is -3.36. The van der Waals surface area contributed by atoms with E-state index in [0.717, 1.165) is 19.3 Å². The fourth-order valence-electron chi connectivity index (χ4n) is 3.11. The first-order chi connectivity index (χ1) is 10.7. The van der Waals surface area contributed by atoms with Gasteiger partial charge in [0.25, 0.3) is 0 Å². The quantitative estimate of drug-likeness (QED) is 0.867. The van der Waals surface area contributed by atoms with Crippen LogP contribution in [-0.2, 0) is 10.0 Å². The lowest BCUT2D eigenvalue weighted by Gasteiger charge is -2.20. The first-order valence-corrected chi connectivity index (χ1v) is 9.22. The first-order valence-electron chi connectivity index (χ1n) is 7.78. The molecule has 1 saturated heterocycles. The number of rotatable bonds is 3. The maximum Gasteiger partial charge on any atom is 0.243 e. The number of benzene rings is 2. The molecule has 0 aromatic heterocycles. The van der Waals surface area contributed by atoms with Crippen LogP contribution in [0.4, 0.5) is 0 Å². The van der Waals surface area contributed by atoms with Gasteiger partial charge in [-0.3, -0.25) is 0 Å². The molecule has 1 heterocycles. The summed E-state index contributed by atoms with van der Waals surface area (Å²) in [4.78, 5) is 0.396. The smallest absolute Gasteiger partial charge is 0.207 e. The Morgan fingerprint density at radius 3 is 2.14 bits per heavy atom. The van der Waals surface area contributed by atoms with Crippen molar-refractivity contribution in [2.45, 2.75) is 30.1 Å². The second-order valence-corrected chi connectivity index (χ2v) is 7.69. The lowest BCUT2D eigenvalue weighted by Crippen LogP contribution is -2.32. The molecule has 2 aromatic rings. The van der Waals surface area contributed by atoms with Crippen LogP contribution in [0.1, 0.15) is 30.7 Å². The molecular formula is C18H21NO2S. The van der Waals surface area contributed by atoms with Crippen LogP contribution in [-0.4, -0.2) is 25.8 Å². The van der Waals surface area contributed by atoms with Gasteiger partial charge in [0.15, 0.2) is 0 Å². The van der Waals surface area contributed by atoms with E-state index in [2.05, 4.69) is 24.3 Å². The van der Waals surface area contributed by atoms with Crippen molar-refractivity contribution in [1.29, 1.82) is 0 Å². The molecule has 2 aromatic carbocycles. The summed E-state index contributed by atoms with van der Waals surface area (Å²) in [5, 5.41) is 0. The molecule has 0 saturated carbocycles. The molecule has 1 fully saturated rings. The second-order valence-electron chi connectivity index (χ2n) is 5.76. The van der Waals surface area contributed by atoms with Gasteiger partial charge in [-0.15, -0.1) is 0 Å². The van der Waals surface area contributed by atoms with Crippen molar-refractivity contribution in [2.24, 2.45) is 0 Å². The standard InChI is InChI=1S/C18H21NO2S/c20-22(21,18-11-5-2-6-12-18)19-14-7-10-17(13-15-19)16-8-3-1-4-9-16/h1-6,8-9,11-12,17H,7,10,13-15H2/t17-/m1/s1. The van der Waals surface area contributed by atoms with Crippen LogP contribution in [0.15, 0.2) is 65.6 Å². The third-order valence-corrected chi connectivity index (χ3v) is 6.25. The number of sulfonamides is 1. The predicted molar refractivity (Wildman–Crippen MR) is 88.2 cm³/mol. The van der Waals surface area contributed by atoms with Crippen molar-refractivity contribution in [3.63, 3.8) is 0 Å². The monoisotopic (exact) mass is 315 g/mol. The number of hydrogen-bond donors (Lipinski definition) is 0. The highest BCUT2D eigenvalue weighted by atomic mass is 32.2. The summed E-state index contributed by atoms with van der Waals surface area (Å²) in [7, 11) is -3.36. The molecule has 1 aliphatic heterocycles. The van der Waals surface area contributed by atoms with Crippen LogP contribution in [0.3, 0.4) is 0 Å². The van der Waals surface area contributed by atoms with Gasteiger partial charge < -0.3 is 0 Å². The molecule has 3 nitrogen and oxygen atoms in total. The Morgan fingerprint density at radius 2 is 1.45 bits per heavy atom. The molecule has 4 heteroatoms. The van der Waals surface area contributed by atoms with Gasteiger partial charge in [0.1, 0.15) is 0 Å². The number of hydrogen-bond acceptors (Lipinski definition) is 2. The zero-order valence-corrected chi connectivity index (χ0v) is 13.4. The molecule has 0 aliphatic carbocycles. The van der Waals surface area contributed by atoms with Crippen LogP contribution in [0.2, 0.25) is 0 Å². The highest BCUT2D eigenvalue weighted by Gasteiger charge is 2.27. The van der Waals surface area contributed by atoms with Gasteiger partial charge in [-0.05, 0) is 42.9 Å². The molecule has 116 valence electrons. The molecule has 22 heavy (non-hydrogen) atoms. The van der Waals surface area contributed by atoms with E-state index in [-0.39, 0.29) is 0 Å². The molecule has 0 N–H and O–H groups in total. The predicted octanol–water partition coefficient (Wildman–Crippen LogP) is 3.65. The van der Waals surface area contributed by atoms with Gasteiger partial charge in [0.2, 0.25) is 10.0 Å². The van der Waals surface area contributed by atoms with E-state index in [9.17, 15) is 8.42 Å². The third-order valence-electron chi connectivity index (χ3n) is 4.34. The largest absolute Gasteiger partial charge is 0.243 e. The highest BCUT2D eigenvalue weighted by molar-refractivity contribution is 7.89. The zero-order chi connectivity index (χ0) is 15.4. The Morgan fingerprint density at radius 1 is 0.818 bits per heavy atom. The van der Waals surface area contributed by atoms with Gasteiger partial charge in [-0.1, -0.05) is 48.5 Å².